The molecule has 1 fully saturated rings. The fraction of sp³-hybridized carbons (Fsp3) is 0.647. The minimum Gasteiger partial charge on any atom is -0.496 e. The van der Waals surface area contributed by atoms with Crippen LogP contribution < -0.4 is 14.8 Å². The lowest BCUT2D eigenvalue weighted by Crippen LogP contribution is -2.33. The fourth-order valence-electron chi connectivity index (χ4n) is 2.88. The maximum Gasteiger partial charge on any atom is 0.127 e. The third kappa shape index (κ3) is 4.60. The monoisotopic (exact) mass is 307 g/mol. The van der Waals surface area contributed by atoms with Crippen molar-refractivity contribution in [3.63, 3.8) is 0 Å². The normalized spacial score (nSPS) is 18.9. The van der Waals surface area contributed by atoms with Crippen molar-refractivity contribution < 1.29 is 9.47 Å². The molecule has 1 saturated heterocycles. The Hall–Kier alpha value is -1.30. The molecule has 1 aliphatic rings. The molecule has 1 heterocycles. The van der Waals surface area contributed by atoms with Crippen LogP contribution in [0.3, 0.4) is 0 Å². The third-order valence-electron chi connectivity index (χ3n) is 4.28. The van der Waals surface area contributed by atoms with Crippen molar-refractivity contribution in [2.24, 2.45) is 0 Å². The van der Waals surface area contributed by atoms with E-state index in [0.717, 1.165) is 43.2 Å². The molecule has 1 aromatic carbocycles. The van der Waals surface area contributed by atoms with Gasteiger partial charge in [0.2, 0.25) is 0 Å². The Morgan fingerprint density at radius 1 is 1.36 bits per heavy atom. The van der Waals surface area contributed by atoms with Crippen LogP contribution in [0.1, 0.15) is 12.0 Å². The van der Waals surface area contributed by atoms with Crippen LogP contribution in [-0.4, -0.2) is 70.3 Å². The molecule has 1 N–H and O–H groups in total. The van der Waals surface area contributed by atoms with E-state index in [9.17, 15) is 0 Å². The van der Waals surface area contributed by atoms with E-state index in [2.05, 4.69) is 35.3 Å². The molecule has 5 heteroatoms. The number of nitrogens with zero attached hydrogens (tertiary/aromatic N) is 2. The maximum atomic E-state index is 5.88. The Balaban J connectivity index is 1.80. The largest absolute Gasteiger partial charge is 0.496 e. The van der Waals surface area contributed by atoms with E-state index in [1.54, 1.807) is 7.11 Å². The minimum absolute atomic E-state index is 0.681. The molecule has 2 rings (SSSR count). The number of nitrogens with one attached hydrogen (secondary N) is 1. The summed E-state index contributed by atoms with van der Waals surface area (Å²) >= 11 is 0. The molecule has 0 bridgehead atoms. The number of likely N-dealkylation sites (tertiary alicyclic amines) is 1. The van der Waals surface area contributed by atoms with E-state index < -0.39 is 0 Å². The van der Waals surface area contributed by atoms with Crippen molar-refractivity contribution in [3.05, 3.63) is 23.8 Å². The minimum atomic E-state index is 0.681. The summed E-state index contributed by atoms with van der Waals surface area (Å²) in [7, 11) is 7.94. The summed E-state index contributed by atoms with van der Waals surface area (Å²) in [6, 6.07) is 6.73. The number of methoxy groups -OCH3 is 1. The second-order valence-electron chi connectivity index (χ2n) is 6.06. The third-order valence-corrected chi connectivity index (χ3v) is 4.28. The smallest absolute Gasteiger partial charge is 0.127 e. The first kappa shape index (κ1) is 17.1. The highest BCUT2D eigenvalue weighted by Crippen LogP contribution is 2.24. The fourth-order valence-corrected chi connectivity index (χ4v) is 2.88. The van der Waals surface area contributed by atoms with Gasteiger partial charge in [-0.2, -0.15) is 0 Å². The average Bonchev–Trinajstić information content (AvgIpc) is 2.98. The van der Waals surface area contributed by atoms with Gasteiger partial charge in [-0.05, 0) is 40.2 Å². The Labute approximate surface area is 134 Å². The van der Waals surface area contributed by atoms with Gasteiger partial charge >= 0.3 is 0 Å². The molecule has 0 spiro atoms. The second kappa shape index (κ2) is 8.36. The van der Waals surface area contributed by atoms with Gasteiger partial charge in [-0.3, -0.25) is 4.90 Å². The molecule has 0 aromatic heterocycles. The van der Waals surface area contributed by atoms with Crippen LogP contribution in [0.15, 0.2) is 18.2 Å². The number of ether oxygens (including phenoxy) is 2. The van der Waals surface area contributed by atoms with Gasteiger partial charge in [0, 0.05) is 37.3 Å². The first-order chi connectivity index (χ1) is 10.6. The van der Waals surface area contributed by atoms with E-state index in [4.69, 9.17) is 9.47 Å². The Morgan fingerprint density at radius 3 is 2.82 bits per heavy atom. The average molecular weight is 307 g/mol. The zero-order valence-electron chi connectivity index (χ0n) is 14.3. The molecule has 124 valence electrons. The summed E-state index contributed by atoms with van der Waals surface area (Å²) in [5.74, 6) is 1.75. The van der Waals surface area contributed by atoms with Gasteiger partial charge in [0.1, 0.15) is 18.1 Å². The molecule has 1 atom stereocenters. The SMILES string of the molecule is CNCc1ccc(OCCN2CC[C@@H](N(C)C)C2)cc1OC. The molecule has 1 aromatic rings. The van der Waals surface area contributed by atoms with Crippen LogP contribution in [0.25, 0.3) is 0 Å². The summed E-state index contributed by atoms with van der Waals surface area (Å²) in [4.78, 5) is 4.78. The highest BCUT2D eigenvalue weighted by molar-refractivity contribution is 5.40. The molecule has 0 radical (unpaired) electrons. The molecule has 22 heavy (non-hydrogen) atoms. The lowest BCUT2D eigenvalue weighted by atomic mass is 10.2. The lowest BCUT2D eigenvalue weighted by Gasteiger charge is -2.20. The van der Waals surface area contributed by atoms with Crippen LogP contribution in [-0.2, 0) is 6.54 Å². The van der Waals surface area contributed by atoms with Crippen LogP contribution in [0.4, 0.5) is 0 Å². The summed E-state index contributed by atoms with van der Waals surface area (Å²) in [5, 5.41) is 3.14. The van der Waals surface area contributed by atoms with Gasteiger partial charge in [0.15, 0.2) is 0 Å². The van der Waals surface area contributed by atoms with Crippen molar-refractivity contribution in [2.45, 2.75) is 19.0 Å². The number of likely N-dealkylation sites (N-methyl/N-ethyl adjacent to an activating group) is 1. The Morgan fingerprint density at radius 2 is 2.18 bits per heavy atom. The van der Waals surface area contributed by atoms with Gasteiger partial charge in [0.05, 0.1) is 7.11 Å². The van der Waals surface area contributed by atoms with E-state index in [0.29, 0.717) is 12.6 Å². The number of rotatable bonds is 8. The van der Waals surface area contributed by atoms with Crippen molar-refractivity contribution in [1.29, 1.82) is 0 Å². The first-order valence-electron chi connectivity index (χ1n) is 7.97. The Bertz CT molecular complexity index is 465. The summed E-state index contributed by atoms with van der Waals surface area (Å²) < 4.78 is 11.3. The van der Waals surface area contributed by atoms with Crippen molar-refractivity contribution >= 4 is 0 Å². The zero-order chi connectivity index (χ0) is 15.9. The van der Waals surface area contributed by atoms with Gasteiger partial charge in [0.25, 0.3) is 0 Å². The Kier molecular flexibility index (Phi) is 6.49. The molecule has 1 aliphatic heterocycles. The highest BCUT2D eigenvalue weighted by Gasteiger charge is 2.23. The van der Waals surface area contributed by atoms with E-state index >= 15 is 0 Å². The molecule has 0 saturated carbocycles. The molecule has 5 nitrogen and oxygen atoms in total. The standard InChI is InChI=1S/C17H29N3O2/c1-18-12-14-5-6-16(11-17(14)21-4)22-10-9-20-8-7-15(13-20)19(2)3/h5-6,11,15,18H,7-10,12-13H2,1-4H3/t15-/m1/s1. The van der Waals surface area contributed by atoms with Gasteiger partial charge in [-0.25, -0.2) is 0 Å². The number of hydrogen-bond donors (Lipinski definition) is 1. The van der Waals surface area contributed by atoms with Crippen LogP contribution in [0.2, 0.25) is 0 Å². The van der Waals surface area contributed by atoms with Crippen molar-refractivity contribution in [3.8, 4) is 11.5 Å². The maximum absolute atomic E-state index is 5.88. The topological polar surface area (TPSA) is 37.0 Å². The van der Waals surface area contributed by atoms with Crippen LogP contribution >= 0.6 is 0 Å². The van der Waals surface area contributed by atoms with E-state index in [1.165, 1.54) is 6.42 Å². The van der Waals surface area contributed by atoms with E-state index in [-0.39, 0.29) is 0 Å². The quantitative estimate of drug-likeness (QED) is 0.786. The first-order valence-corrected chi connectivity index (χ1v) is 7.97. The number of benzene rings is 1. The van der Waals surface area contributed by atoms with E-state index in [1.807, 2.05) is 19.2 Å². The summed E-state index contributed by atoms with van der Waals surface area (Å²) in [5.41, 5.74) is 1.14. The molecule has 0 unspecified atom stereocenters. The van der Waals surface area contributed by atoms with Crippen LogP contribution in [0, 0.1) is 0 Å². The predicted octanol–water partition coefficient (Wildman–Crippen LogP) is 1.43. The van der Waals surface area contributed by atoms with Gasteiger partial charge in [-0.15, -0.1) is 0 Å². The molecule has 0 amide bonds. The zero-order valence-corrected chi connectivity index (χ0v) is 14.3. The van der Waals surface area contributed by atoms with Crippen molar-refractivity contribution in [2.75, 3.05) is 54.5 Å². The molecular formula is C17H29N3O2. The lowest BCUT2D eigenvalue weighted by molar-refractivity contribution is 0.220. The number of hydrogen-bond acceptors (Lipinski definition) is 5. The molecular weight excluding hydrogens is 278 g/mol. The van der Waals surface area contributed by atoms with Gasteiger partial charge in [-0.1, -0.05) is 6.07 Å². The molecule has 0 aliphatic carbocycles. The predicted molar refractivity (Wildman–Crippen MR) is 89.8 cm³/mol. The van der Waals surface area contributed by atoms with Crippen LogP contribution in [0.5, 0.6) is 11.5 Å². The second-order valence-corrected chi connectivity index (χ2v) is 6.06. The highest BCUT2D eigenvalue weighted by atomic mass is 16.5. The van der Waals surface area contributed by atoms with Crippen molar-refractivity contribution in [1.82, 2.24) is 15.1 Å². The summed E-state index contributed by atoms with van der Waals surface area (Å²) in [6.45, 7) is 4.79. The summed E-state index contributed by atoms with van der Waals surface area (Å²) in [6.07, 6.45) is 1.25. The van der Waals surface area contributed by atoms with Gasteiger partial charge < -0.3 is 19.7 Å².